The highest BCUT2D eigenvalue weighted by molar-refractivity contribution is 9.10. The van der Waals surface area contributed by atoms with Gasteiger partial charge in [0, 0.05) is 11.6 Å². The molecule has 3 N–H and O–H groups in total. The molecule has 0 aliphatic heterocycles. The molecular formula is C13H18BrNO3. The molecule has 0 bridgehead atoms. The summed E-state index contributed by atoms with van der Waals surface area (Å²) in [6, 6.07) is 3.31. The Balaban J connectivity index is 3.25. The van der Waals surface area contributed by atoms with Gasteiger partial charge in [0.1, 0.15) is 5.75 Å². The zero-order chi connectivity index (χ0) is 13.9. The van der Waals surface area contributed by atoms with Crippen LogP contribution in [0.1, 0.15) is 43.4 Å². The van der Waals surface area contributed by atoms with Crippen molar-refractivity contribution in [1.29, 1.82) is 0 Å². The average molecular weight is 316 g/mol. The zero-order valence-corrected chi connectivity index (χ0v) is 12.3. The number of carbonyl (C=O) groups is 1. The number of carboxylic acid groups (broad SMARTS) is 1. The third-order valence-electron chi connectivity index (χ3n) is 2.76. The number of hydrogen-bond donors (Lipinski definition) is 2. The van der Waals surface area contributed by atoms with Crippen LogP contribution >= 0.6 is 15.9 Å². The molecule has 18 heavy (non-hydrogen) atoms. The lowest BCUT2D eigenvalue weighted by Gasteiger charge is -2.18. The number of methoxy groups -OCH3 is 1. The van der Waals surface area contributed by atoms with Crippen LogP contribution in [-0.2, 0) is 4.79 Å². The quantitative estimate of drug-likeness (QED) is 0.876. The second kappa shape index (κ2) is 6.20. The smallest absolute Gasteiger partial charge is 0.305 e. The molecule has 5 heteroatoms. The van der Waals surface area contributed by atoms with Gasteiger partial charge in [-0.25, -0.2) is 0 Å². The predicted molar refractivity (Wildman–Crippen MR) is 74.0 cm³/mol. The largest absolute Gasteiger partial charge is 0.495 e. The van der Waals surface area contributed by atoms with Gasteiger partial charge in [-0.2, -0.15) is 0 Å². The highest BCUT2D eigenvalue weighted by Gasteiger charge is 2.19. The van der Waals surface area contributed by atoms with E-state index < -0.39 is 12.0 Å². The van der Waals surface area contributed by atoms with Crippen molar-refractivity contribution in [2.45, 2.75) is 32.2 Å². The van der Waals surface area contributed by atoms with E-state index in [0.717, 1.165) is 15.6 Å². The van der Waals surface area contributed by atoms with E-state index in [1.165, 1.54) is 0 Å². The van der Waals surface area contributed by atoms with Crippen LogP contribution in [0.25, 0.3) is 0 Å². The first-order valence-corrected chi connectivity index (χ1v) is 6.50. The van der Waals surface area contributed by atoms with Crippen LogP contribution in [0.2, 0.25) is 0 Å². The second-order valence-corrected chi connectivity index (χ2v) is 5.34. The molecule has 4 nitrogen and oxygen atoms in total. The van der Waals surface area contributed by atoms with Crippen molar-refractivity contribution >= 4 is 21.9 Å². The van der Waals surface area contributed by atoms with E-state index in [1.54, 1.807) is 7.11 Å². The fourth-order valence-corrected chi connectivity index (χ4v) is 2.41. The van der Waals surface area contributed by atoms with Crippen molar-refractivity contribution in [3.63, 3.8) is 0 Å². The van der Waals surface area contributed by atoms with Crippen molar-refractivity contribution < 1.29 is 14.6 Å². The first-order valence-electron chi connectivity index (χ1n) is 5.71. The maximum absolute atomic E-state index is 10.8. The molecule has 0 spiro atoms. The number of hydrogen-bond acceptors (Lipinski definition) is 3. The molecule has 0 saturated carbocycles. The van der Waals surface area contributed by atoms with Gasteiger partial charge in [-0.15, -0.1) is 0 Å². The normalized spacial score (nSPS) is 12.6. The Labute approximate surface area is 115 Å². The number of nitrogens with two attached hydrogens (primary N) is 1. The standard InChI is InChI=1S/C13H18BrNO3/c1-7(2)8-4-9(11(15)6-12(16)17)13(18-3)10(14)5-8/h4-5,7,11H,6,15H2,1-3H3,(H,16,17). The van der Waals surface area contributed by atoms with Gasteiger partial charge in [-0.3, -0.25) is 4.79 Å². The molecule has 0 aromatic heterocycles. The van der Waals surface area contributed by atoms with Gasteiger partial charge in [0.05, 0.1) is 18.0 Å². The first-order chi connectivity index (χ1) is 8.36. The summed E-state index contributed by atoms with van der Waals surface area (Å²) in [6.07, 6.45) is -0.121. The molecule has 0 aliphatic rings. The number of rotatable bonds is 5. The summed E-state index contributed by atoms with van der Waals surface area (Å²) in [5.74, 6) is 0.0201. The molecule has 1 rings (SSSR count). The van der Waals surface area contributed by atoms with Crippen LogP contribution in [0.5, 0.6) is 5.75 Å². The molecule has 0 heterocycles. The van der Waals surface area contributed by atoms with Crippen molar-refractivity contribution in [2.75, 3.05) is 7.11 Å². The van der Waals surface area contributed by atoms with Crippen LogP contribution in [-0.4, -0.2) is 18.2 Å². The Morgan fingerprint density at radius 3 is 2.56 bits per heavy atom. The van der Waals surface area contributed by atoms with E-state index in [1.807, 2.05) is 12.1 Å². The topological polar surface area (TPSA) is 72.5 Å². The molecule has 0 radical (unpaired) electrons. The summed E-state index contributed by atoms with van der Waals surface area (Å²) in [5, 5.41) is 8.82. The van der Waals surface area contributed by atoms with Crippen molar-refractivity contribution in [2.24, 2.45) is 5.73 Å². The third kappa shape index (κ3) is 3.46. The lowest BCUT2D eigenvalue weighted by Crippen LogP contribution is -2.16. The number of benzene rings is 1. The minimum atomic E-state index is -0.921. The minimum Gasteiger partial charge on any atom is -0.495 e. The predicted octanol–water partition coefficient (Wildman–Crippen LogP) is 3.06. The van der Waals surface area contributed by atoms with Crippen LogP contribution < -0.4 is 10.5 Å². The molecule has 1 aromatic carbocycles. The van der Waals surface area contributed by atoms with E-state index in [9.17, 15) is 4.79 Å². The van der Waals surface area contributed by atoms with Crippen LogP contribution in [0.3, 0.4) is 0 Å². The monoisotopic (exact) mass is 315 g/mol. The van der Waals surface area contributed by atoms with Gasteiger partial charge in [0.15, 0.2) is 0 Å². The first kappa shape index (κ1) is 15.0. The van der Waals surface area contributed by atoms with Crippen LogP contribution in [0.4, 0.5) is 0 Å². The molecule has 1 aromatic rings. The highest BCUT2D eigenvalue weighted by atomic mass is 79.9. The van der Waals surface area contributed by atoms with E-state index in [4.69, 9.17) is 15.6 Å². The van der Waals surface area contributed by atoms with E-state index in [-0.39, 0.29) is 6.42 Å². The SMILES string of the molecule is COc1c(Br)cc(C(C)C)cc1C(N)CC(=O)O. The van der Waals surface area contributed by atoms with Crippen molar-refractivity contribution in [3.8, 4) is 5.75 Å². The molecule has 1 unspecified atom stereocenters. The Hall–Kier alpha value is -1.07. The Kier molecular flexibility index (Phi) is 5.16. The van der Waals surface area contributed by atoms with E-state index >= 15 is 0 Å². The van der Waals surface area contributed by atoms with Gasteiger partial charge >= 0.3 is 5.97 Å². The fourth-order valence-electron chi connectivity index (χ4n) is 1.76. The summed E-state index contributed by atoms with van der Waals surface area (Å²) < 4.78 is 6.09. The summed E-state index contributed by atoms with van der Waals surface area (Å²) in [5.41, 5.74) is 7.74. The molecule has 100 valence electrons. The Morgan fingerprint density at radius 1 is 1.50 bits per heavy atom. The molecule has 0 saturated heterocycles. The molecule has 0 amide bonds. The average Bonchev–Trinajstić information content (AvgIpc) is 2.26. The van der Waals surface area contributed by atoms with E-state index in [2.05, 4.69) is 29.8 Å². The molecule has 0 fully saturated rings. The van der Waals surface area contributed by atoms with Gasteiger partial charge < -0.3 is 15.6 Å². The summed E-state index contributed by atoms with van der Waals surface area (Å²) in [6.45, 7) is 4.14. The highest BCUT2D eigenvalue weighted by Crippen LogP contribution is 2.36. The lowest BCUT2D eigenvalue weighted by atomic mass is 9.96. The Bertz CT molecular complexity index is 446. The number of carboxylic acids is 1. The van der Waals surface area contributed by atoms with Crippen LogP contribution in [0, 0.1) is 0 Å². The number of ether oxygens (including phenoxy) is 1. The van der Waals surface area contributed by atoms with Gasteiger partial charge in [-0.1, -0.05) is 19.9 Å². The fraction of sp³-hybridized carbons (Fsp3) is 0.462. The minimum absolute atomic E-state index is 0.121. The number of halogens is 1. The van der Waals surface area contributed by atoms with Crippen molar-refractivity contribution in [1.82, 2.24) is 0 Å². The zero-order valence-electron chi connectivity index (χ0n) is 10.7. The van der Waals surface area contributed by atoms with Gasteiger partial charge in [-0.05, 0) is 33.5 Å². The molecular weight excluding hydrogens is 298 g/mol. The third-order valence-corrected chi connectivity index (χ3v) is 3.35. The maximum Gasteiger partial charge on any atom is 0.305 e. The van der Waals surface area contributed by atoms with Crippen molar-refractivity contribution in [3.05, 3.63) is 27.7 Å². The van der Waals surface area contributed by atoms with E-state index in [0.29, 0.717) is 11.7 Å². The molecule has 1 atom stereocenters. The maximum atomic E-state index is 10.8. The van der Waals surface area contributed by atoms with Gasteiger partial charge in [0.25, 0.3) is 0 Å². The second-order valence-electron chi connectivity index (χ2n) is 4.48. The lowest BCUT2D eigenvalue weighted by molar-refractivity contribution is -0.137. The Morgan fingerprint density at radius 2 is 2.11 bits per heavy atom. The summed E-state index contributed by atoms with van der Waals surface area (Å²) >= 11 is 3.43. The summed E-state index contributed by atoms with van der Waals surface area (Å²) in [4.78, 5) is 10.8. The molecule has 0 aliphatic carbocycles. The van der Waals surface area contributed by atoms with Gasteiger partial charge in [0.2, 0.25) is 0 Å². The summed E-state index contributed by atoms with van der Waals surface area (Å²) in [7, 11) is 1.55. The number of aliphatic carboxylic acids is 1. The van der Waals surface area contributed by atoms with Crippen LogP contribution in [0.15, 0.2) is 16.6 Å².